The molecule has 0 aliphatic heterocycles. The molecule has 0 atom stereocenters. The highest BCUT2D eigenvalue weighted by atomic mass is 19.4. The van der Waals surface area contributed by atoms with Gasteiger partial charge in [0.1, 0.15) is 5.69 Å². The first-order valence-electron chi connectivity index (χ1n) is 3.98. The van der Waals surface area contributed by atoms with Gasteiger partial charge in [-0.2, -0.15) is 13.2 Å². The van der Waals surface area contributed by atoms with Crippen molar-refractivity contribution >= 4 is 5.97 Å². The molecule has 0 amide bonds. The zero-order valence-electron chi connectivity index (χ0n) is 8.05. The summed E-state index contributed by atoms with van der Waals surface area (Å²) in [6.07, 6.45) is -3.65. The van der Waals surface area contributed by atoms with Crippen molar-refractivity contribution in [2.45, 2.75) is 13.1 Å². The van der Waals surface area contributed by atoms with E-state index >= 15 is 0 Å². The van der Waals surface area contributed by atoms with E-state index in [2.05, 4.69) is 9.72 Å². The first kappa shape index (κ1) is 11.5. The van der Waals surface area contributed by atoms with Gasteiger partial charge in [-0.25, -0.2) is 4.79 Å². The van der Waals surface area contributed by atoms with Gasteiger partial charge in [0.2, 0.25) is 0 Å². The molecule has 0 aliphatic rings. The number of alkyl halides is 3. The number of halogens is 3. The van der Waals surface area contributed by atoms with E-state index in [9.17, 15) is 18.0 Å². The van der Waals surface area contributed by atoms with Crippen LogP contribution in [0, 0.1) is 6.92 Å². The van der Waals surface area contributed by atoms with Gasteiger partial charge in [-0.15, -0.1) is 0 Å². The van der Waals surface area contributed by atoms with Crippen LogP contribution in [-0.4, -0.2) is 18.1 Å². The molecular weight excluding hydrogens is 211 g/mol. The number of hydrogen-bond donors (Lipinski definition) is 0. The van der Waals surface area contributed by atoms with Crippen LogP contribution in [0.25, 0.3) is 0 Å². The van der Waals surface area contributed by atoms with Crippen molar-refractivity contribution in [3.05, 3.63) is 29.1 Å². The third-order valence-corrected chi connectivity index (χ3v) is 1.77. The molecular formula is C9H8F3NO2. The molecule has 0 bridgehead atoms. The minimum atomic E-state index is -4.50. The van der Waals surface area contributed by atoms with Gasteiger partial charge in [0, 0.05) is 6.20 Å². The largest absolute Gasteiger partial charge is 0.465 e. The van der Waals surface area contributed by atoms with Gasteiger partial charge >= 0.3 is 12.1 Å². The Morgan fingerprint density at radius 3 is 2.47 bits per heavy atom. The van der Waals surface area contributed by atoms with E-state index in [0.717, 1.165) is 19.4 Å². The normalized spacial score (nSPS) is 11.3. The Labute approximate surface area is 83.9 Å². The van der Waals surface area contributed by atoms with Crippen LogP contribution in [0.4, 0.5) is 13.2 Å². The monoisotopic (exact) mass is 219 g/mol. The summed E-state index contributed by atoms with van der Waals surface area (Å²) < 4.78 is 41.2. The third-order valence-electron chi connectivity index (χ3n) is 1.77. The van der Waals surface area contributed by atoms with E-state index in [-0.39, 0.29) is 11.1 Å². The molecule has 0 saturated carbocycles. The number of methoxy groups -OCH3 is 1. The van der Waals surface area contributed by atoms with Crippen molar-refractivity contribution in [2.24, 2.45) is 0 Å². The van der Waals surface area contributed by atoms with Gasteiger partial charge in [-0.3, -0.25) is 4.98 Å². The van der Waals surface area contributed by atoms with Crippen LogP contribution in [0.3, 0.4) is 0 Å². The van der Waals surface area contributed by atoms with E-state index in [4.69, 9.17) is 0 Å². The van der Waals surface area contributed by atoms with Crippen LogP contribution >= 0.6 is 0 Å². The van der Waals surface area contributed by atoms with E-state index < -0.39 is 17.8 Å². The van der Waals surface area contributed by atoms with Crippen LogP contribution in [0.5, 0.6) is 0 Å². The van der Waals surface area contributed by atoms with Gasteiger partial charge in [0.05, 0.1) is 12.7 Å². The first-order valence-corrected chi connectivity index (χ1v) is 3.98. The van der Waals surface area contributed by atoms with Crippen LogP contribution in [0.2, 0.25) is 0 Å². The van der Waals surface area contributed by atoms with Crippen molar-refractivity contribution in [2.75, 3.05) is 7.11 Å². The van der Waals surface area contributed by atoms with E-state index in [1.54, 1.807) is 0 Å². The highest BCUT2D eigenvalue weighted by molar-refractivity contribution is 5.89. The molecule has 0 unspecified atom stereocenters. The molecule has 0 spiro atoms. The van der Waals surface area contributed by atoms with Crippen LogP contribution < -0.4 is 0 Å². The van der Waals surface area contributed by atoms with E-state index in [1.165, 1.54) is 6.92 Å². The van der Waals surface area contributed by atoms with Crippen molar-refractivity contribution in [3.8, 4) is 0 Å². The SMILES string of the molecule is COC(=O)c1cnc(C(F)(F)F)c(C)c1. The van der Waals surface area contributed by atoms with Gasteiger partial charge in [0.25, 0.3) is 0 Å². The predicted molar refractivity (Wildman–Crippen MR) is 45.3 cm³/mol. The van der Waals surface area contributed by atoms with Gasteiger partial charge in [-0.05, 0) is 18.6 Å². The lowest BCUT2D eigenvalue weighted by Gasteiger charge is -2.09. The second-order valence-corrected chi connectivity index (χ2v) is 2.88. The highest BCUT2D eigenvalue weighted by Crippen LogP contribution is 2.30. The summed E-state index contributed by atoms with van der Waals surface area (Å²) in [5, 5.41) is 0. The zero-order valence-corrected chi connectivity index (χ0v) is 8.05. The molecule has 1 rings (SSSR count). The van der Waals surface area contributed by atoms with Crippen LogP contribution in [-0.2, 0) is 10.9 Å². The fraction of sp³-hybridized carbons (Fsp3) is 0.333. The van der Waals surface area contributed by atoms with Crippen molar-refractivity contribution in [1.29, 1.82) is 0 Å². The van der Waals surface area contributed by atoms with Gasteiger partial charge in [-0.1, -0.05) is 0 Å². The average molecular weight is 219 g/mol. The third kappa shape index (κ3) is 2.45. The standard InChI is InChI=1S/C9H8F3NO2/c1-5-3-6(8(14)15-2)4-13-7(5)9(10,11)12/h3-4H,1-2H3. The molecule has 3 nitrogen and oxygen atoms in total. The summed E-state index contributed by atoms with van der Waals surface area (Å²) in [7, 11) is 1.15. The Morgan fingerprint density at radius 2 is 2.07 bits per heavy atom. The number of nitrogens with zero attached hydrogens (tertiary/aromatic N) is 1. The topological polar surface area (TPSA) is 39.2 Å². The molecule has 6 heteroatoms. The number of aryl methyl sites for hydroxylation is 1. The van der Waals surface area contributed by atoms with Crippen molar-refractivity contribution in [3.63, 3.8) is 0 Å². The number of hydrogen-bond acceptors (Lipinski definition) is 3. The number of rotatable bonds is 1. The maximum atomic E-state index is 12.3. The van der Waals surface area contributed by atoms with Crippen molar-refractivity contribution in [1.82, 2.24) is 4.98 Å². The molecule has 0 radical (unpaired) electrons. The maximum Gasteiger partial charge on any atom is 0.433 e. The molecule has 1 aromatic heterocycles. The predicted octanol–water partition coefficient (Wildman–Crippen LogP) is 2.20. The molecule has 82 valence electrons. The average Bonchev–Trinajstić information content (AvgIpc) is 2.14. The number of aromatic nitrogens is 1. The molecule has 0 fully saturated rings. The Balaban J connectivity index is 3.15. The minimum absolute atomic E-state index is 0.00278. The summed E-state index contributed by atoms with van der Waals surface area (Å²) >= 11 is 0. The molecule has 0 aromatic carbocycles. The first-order chi connectivity index (χ1) is 6.86. The second-order valence-electron chi connectivity index (χ2n) is 2.88. The zero-order chi connectivity index (χ0) is 11.6. The lowest BCUT2D eigenvalue weighted by atomic mass is 10.1. The molecule has 0 saturated heterocycles. The summed E-state index contributed by atoms with van der Waals surface area (Å²) in [5.41, 5.74) is -1.09. The lowest BCUT2D eigenvalue weighted by Crippen LogP contribution is -2.12. The molecule has 0 aliphatic carbocycles. The number of esters is 1. The smallest absolute Gasteiger partial charge is 0.433 e. The Morgan fingerprint density at radius 1 is 1.47 bits per heavy atom. The molecule has 1 aromatic rings. The molecule has 1 heterocycles. The second kappa shape index (κ2) is 3.88. The Bertz CT molecular complexity index is 387. The molecule has 0 N–H and O–H groups in total. The van der Waals surface area contributed by atoms with E-state index in [1.807, 2.05) is 0 Å². The lowest BCUT2D eigenvalue weighted by molar-refractivity contribution is -0.141. The Kier molecular flexibility index (Phi) is 2.97. The Hall–Kier alpha value is -1.59. The van der Waals surface area contributed by atoms with Gasteiger partial charge < -0.3 is 4.74 Å². The number of carbonyl (C=O) groups is 1. The fourth-order valence-corrected chi connectivity index (χ4v) is 1.10. The number of pyridine rings is 1. The maximum absolute atomic E-state index is 12.3. The van der Waals surface area contributed by atoms with Crippen LogP contribution in [0.15, 0.2) is 12.3 Å². The number of carbonyl (C=O) groups excluding carboxylic acids is 1. The summed E-state index contributed by atoms with van der Waals surface area (Å²) in [5.74, 6) is -0.709. The fourth-order valence-electron chi connectivity index (χ4n) is 1.10. The summed E-state index contributed by atoms with van der Waals surface area (Å²) in [4.78, 5) is 14.2. The summed E-state index contributed by atoms with van der Waals surface area (Å²) in [6, 6.07) is 1.10. The molecule has 15 heavy (non-hydrogen) atoms. The van der Waals surface area contributed by atoms with Crippen LogP contribution in [0.1, 0.15) is 21.6 Å². The highest BCUT2D eigenvalue weighted by Gasteiger charge is 2.34. The van der Waals surface area contributed by atoms with E-state index in [0.29, 0.717) is 0 Å². The van der Waals surface area contributed by atoms with Crippen molar-refractivity contribution < 1.29 is 22.7 Å². The van der Waals surface area contributed by atoms with Gasteiger partial charge in [0.15, 0.2) is 0 Å². The minimum Gasteiger partial charge on any atom is -0.465 e. The number of ether oxygens (including phenoxy) is 1. The quantitative estimate of drug-likeness (QED) is 0.679. The summed E-state index contributed by atoms with van der Waals surface area (Å²) in [6.45, 7) is 1.24.